The second-order valence-electron chi connectivity index (χ2n) is 8.85. The van der Waals surface area contributed by atoms with Crippen LogP contribution >= 0.6 is 24.8 Å². The van der Waals surface area contributed by atoms with Crippen LogP contribution in [-0.2, 0) is 14.0 Å². The van der Waals surface area contributed by atoms with Crippen molar-refractivity contribution in [3.05, 3.63) is 103 Å². The van der Waals surface area contributed by atoms with E-state index in [9.17, 15) is 0 Å². The number of benzene rings is 2. The maximum absolute atomic E-state index is 3.69. The van der Waals surface area contributed by atoms with Gasteiger partial charge in [0, 0.05) is 0 Å². The van der Waals surface area contributed by atoms with Gasteiger partial charge in [-0.25, -0.2) is 0 Å². The Morgan fingerprint density at radius 3 is 1.20 bits per heavy atom. The molecule has 30 heavy (non-hydrogen) atoms. The van der Waals surface area contributed by atoms with Gasteiger partial charge in [-0.1, -0.05) is 0 Å². The summed E-state index contributed by atoms with van der Waals surface area (Å²) in [5, 5.41) is 0. The van der Waals surface area contributed by atoms with Gasteiger partial charge < -0.3 is 0 Å². The molecule has 0 aliphatic heterocycles. The number of halogens is 2. The van der Waals surface area contributed by atoms with Gasteiger partial charge in [0.2, 0.25) is 0 Å². The van der Waals surface area contributed by atoms with E-state index in [0.717, 1.165) is 12.8 Å². The fourth-order valence-corrected chi connectivity index (χ4v) is 22.2. The zero-order chi connectivity index (χ0) is 20.0. The minimum absolute atomic E-state index is 0. The van der Waals surface area contributed by atoms with E-state index < -0.39 is 14.0 Å². The summed E-state index contributed by atoms with van der Waals surface area (Å²) in [5.41, 5.74) is 6.01. The smallest absolute Gasteiger partial charge is 0.147 e. The third-order valence-electron chi connectivity index (χ3n) is 6.94. The maximum atomic E-state index is 2.43. The molecule has 4 heteroatoms. The first kappa shape index (κ1) is 25.2. The summed E-state index contributed by atoms with van der Waals surface area (Å²) < 4.78 is 6.59. The molecule has 0 fully saturated rings. The van der Waals surface area contributed by atoms with Crippen molar-refractivity contribution in [3.63, 3.8) is 0 Å². The van der Waals surface area contributed by atoms with Gasteiger partial charge in [0.1, 0.15) is 0 Å². The van der Waals surface area contributed by atoms with E-state index >= 15 is 0 Å². The summed E-state index contributed by atoms with van der Waals surface area (Å²) in [5.74, 6) is 0. The second-order valence-corrected chi connectivity index (χ2v) is 22.9. The Morgan fingerprint density at radius 1 is 0.600 bits per heavy atom. The fraction of sp³-hybridized carbons (Fsp3) is 0.231. The van der Waals surface area contributed by atoms with Crippen LogP contribution in [0.2, 0.25) is 0 Å². The molecule has 0 N–H and O–H groups in total. The molecule has 158 valence electrons. The van der Waals surface area contributed by atoms with Gasteiger partial charge in [-0.15, -0.1) is 24.8 Å². The Kier molecular flexibility index (Phi) is 7.71. The van der Waals surface area contributed by atoms with Gasteiger partial charge in [0.05, 0.1) is 0 Å². The van der Waals surface area contributed by atoms with Gasteiger partial charge in [0.25, 0.3) is 0 Å². The van der Waals surface area contributed by atoms with Crippen LogP contribution in [0.5, 0.6) is 0 Å². The first-order valence-corrected chi connectivity index (χ1v) is 17.4. The van der Waals surface area contributed by atoms with Gasteiger partial charge in [-0.05, 0) is 0 Å². The van der Waals surface area contributed by atoms with E-state index in [-0.39, 0.29) is 24.8 Å². The maximum Gasteiger partial charge on any atom is -0.147 e. The molecule has 2 aliphatic carbocycles. The van der Waals surface area contributed by atoms with E-state index in [1.807, 2.05) is 0 Å². The zero-order valence-corrected chi connectivity index (χ0v) is 23.0. The average molecular weight is 491 g/mol. The van der Waals surface area contributed by atoms with Crippen molar-refractivity contribution in [2.45, 2.75) is 40.5 Å². The van der Waals surface area contributed by atoms with Crippen LogP contribution in [-0.4, -0.2) is 7.63 Å². The van der Waals surface area contributed by atoms with Crippen LogP contribution < -0.4 is 7.74 Å². The Morgan fingerprint density at radius 2 is 0.933 bits per heavy atom. The molecule has 2 aromatic rings. The molecule has 0 spiro atoms. The molecular formula is C26H32Cl2SiTi. The van der Waals surface area contributed by atoms with E-state index in [4.69, 9.17) is 0 Å². The SMILES string of the molecule is CC1=CC(C)=[C]([Ti](=[SiH2])([C]2=C(C)C=C(C)C2)([c]2ccccc2)[c]2ccccc2)C1.Cl.Cl. The molecule has 0 amide bonds. The molecule has 2 aromatic carbocycles. The van der Waals surface area contributed by atoms with Crippen LogP contribution in [0.25, 0.3) is 0 Å². The van der Waals surface area contributed by atoms with Crippen LogP contribution in [0.15, 0.2) is 103 Å². The van der Waals surface area contributed by atoms with Crippen molar-refractivity contribution in [2.75, 3.05) is 0 Å². The predicted molar refractivity (Wildman–Crippen MR) is 137 cm³/mol. The molecule has 0 bridgehead atoms. The van der Waals surface area contributed by atoms with Crippen LogP contribution in [0.3, 0.4) is 0 Å². The predicted octanol–water partition coefficient (Wildman–Crippen LogP) is 5.97. The Balaban J connectivity index is 0.00000160. The van der Waals surface area contributed by atoms with Gasteiger partial charge in [0.15, 0.2) is 0 Å². The van der Waals surface area contributed by atoms with Crippen molar-refractivity contribution < 1.29 is 14.0 Å². The van der Waals surface area contributed by atoms with Gasteiger partial charge in [-0.3, -0.25) is 0 Å². The molecule has 0 nitrogen and oxygen atoms in total. The van der Waals surface area contributed by atoms with E-state index in [2.05, 4.69) is 108 Å². The fourth-order valence-electron chi connectivity index (χ4n) is 5.77. The van der Waals surface area contributed by atoms with E-state index in [1.165, 1.54) is 22.3 Å². The molecule has 0 saturated carbocycles. The summed E-state index contributed by atoms with van der Waals surface area (Å²) >= 11 is -3.69. The van der Waals surface area contributed by atoms with E-state index in [1.54, 1.807) is 15.5 Å². The molecule has 2 aliphatic rings. The van der Waals surface area contributed by atoms with Crippen LogP contribution in [0.1, 0.15) is 40.5 Å². The Bertz CT molecular complexity index is 1040. The summed E-state index contributed by atoms with van der Waals surface area (Å²) in [4.78, 5) is 0. The van der Waals surface area contributed by atoms with Crippen molar-refractivity contribution in [2.24, 2.45) is 0 Å². The second kappa shape index (κ2) is 9.19. The monoisotopic (exact) mass is 490 g/mol. The molecule has 0 unspecified atom stereocenters. The Labute approximate surface area is 196 Å². The third kappa shape index (κ3) is 3.59. The molecule has 0 aromatic heterocycles. The number of allylic oxidation sites excluding steroid dienone is 8. The third-order valence-corrected chi connectivity index (χ3v) is 24.8. The molecule has 0 saturated heterocycles. The first-order valence-electron chi connectivity index (χ1n) is 10.2. The van der Waals surface area contributed by atoms with Gasteiger partial charge in [-0.2, -0.15) is 0 Å². The summed E-state index contributed by atoms with van der Waals surface area (Å²) in [6.07, 6.45) is 7.10. The van der Waals surface area contributed by atoms with Crippen molar-refractivity contribution >= 4 is 40.2 Å². The Hall–Kier alpha value is -1.09. The number of hydrogen-bond acceptors (Lipinski definition) is 0. The average Bonchev–Trinajstić information content (AvgIpc) is 3.23. The quantitative estimate of drug-likeness (QED) is 0.463. The largest absolute Gasteiger partial charge is 0.147 e. The van der Waals surface area contributed by atoms with Crippen molar-refractivity contribution in [1.82, 2.24) is 0 Å². The first-order chi connectivity index (χ1) is 13.4. The minimum atomic E-state index is -3.69. The van der Waals surface area contributed by atoms with E-state index in [0.29, 0.717) is 0 Å². The van der Waals surface area contributed by atoms with Crippen LogP contribution in [0.4, 0.5) is 0 Å². The summed E-state index contributed by atoms with van der Waals surface area (Å²) in [7, 11) is 2.38. The number of rotatable bonds is 4. The van der Waals surface area contributed by atoms with Crippen molar-refractivity contribution in [1.29, 1.82) is 0 Å². The summed E-state index contributed by atoms with van der Waals surface area (Å²) in [6, 6.07) is 22.9. The molecular weight excluding hydrogens is 459 g/mol. The van der Waals surface area contributed by atoms with Gasteiger partial charge >= 0.3 is 173 Å². The topological polar surface area (TPSA) is 0 Å². The number of hydrogen-bond donors (Lipinski definition) is 0. The minimum Gasteiger partial charge on any atom is -0.147 e. The normalized spacial score (nSPS) is 16.7. The molecule has 0 heterocycles. The van der Waals surface area contributed by atoms with Crippen molar-refractivity contribution in [3.8, 4) is 0 Å². The zero-order valence-electron chi connectivity index (χ0n) is 18.4. The summed E-state index contributed by atoms with van der Waals surface area (Å²) in [6.45, 7) is 9.29. The molecule has 0 atom stereocenters. The standard InChI is InChI=1S/2C7H9.2C6H5.2ClH.H2Si.Ti/c2*1-6-3-4-7(2)5-6;2*1-2-4-6-5-3-1;;;;/h2*5H,3H2,1-2H3;2*1-5H;2*1H;1H2;. The van der Waals surface area contributed by atoms with Crippen LogP contribution in [0, 0.1) is 0 Å². The molecule has 4 rings (SSSR count). The molecule has 0 radical (unpaired) electrons.